The van der Waals surface area contributed by atoms with Gasteiger partial charge in [0.2, 0.25) is 23.8 Å². The van der Waals surface area contributed by atoms with Crippen LogP contribution < -0.4 is 19.9 Å². The van der Waals surface area contributed by atoms with E-state index in [1.165, 1.54) is 23.0 Å². The zero-order chi connectivity index (χ0) is 29.1. The van der Waals surface area contributed by atoms with Crippen LogP contribution in [-0.2, 0) is 9.47 Å². The molecule has 0 spiro atoms. The lowest BCUT2D eigenvalue weighted by molar-refractivity contribution is 0.0133. The molecule has 0 fully saturated rings. The predicted molar refractivity (Wildman–Crippen MR) is 142 cm³/mol. The Balaban J connectivity index is 1.76. The van der Waals surface area contributed by atoms with Gasteiger partial charge in [-0.2, -0.15) is 4.39 Å². The van der Waals surface area contributed by atoms with Crippen LogP contribution in [0, 0.1) is 11.6 Å². The normalized spacial score (nSPS) is 18.8. The summed E-state index contributed by atoms with van der Waals surface area (Å²) in [6, 6.07) is 11.5. The molecule has 0 saturated carbocycles. The van der Waals surface area contributed by atoms with Gasteiger partial charge in [0.1, 0.15) is 19.3 Å². The van der Waals surface area contributed by atoms with E-state index in [-0.39, 0.29) is 30.5 Å². The predicted octanol–water partition coefficient (Wildman–Crippen LogP) is 4.11. The first-order valence-corrected chi connectivity index (χ1v) is 12.8. The Kier molecular flexibility index (Phi) is 7.90. The minimum atomic E-state index is -1.14. The Labute approximate surface area is 233 Å². The lowest BCUT2D eigenvalue weighted by Crippen LogP contribution is -2.58. The van der Waals surface area contributed by atoms with Crippen LogP contribution in [0.3, 0.4) is 0 Å². The average Bonchev–Trinajstić information content (AvgIpc) is 3.01. The van der Waals surface area contributed by atoms with E-state index in [1.807, 2.05) is 25.1 Å². The number of hydrogen-bond donors (Lipinski definition) is 0. The molecule has 2 bridgehead atoms. The second kappa shape index (κ2) is 11.7. The molecular formula is C29H27F2N3O7. The molecule has 1 amide bonds. The Morgan fingerprint density at radius 3 is 2.61 bits per heavy atom. The summed E-state index contributed by atoms with van der Waals surface area (Å²) in [5.74, 6) is -3.34. The highest BCUT2D eigenvalue weighted by molar-refractivity contribution is 5.96. The number of aromatic nitrogens is 1. The maximum Gasteiger partial charge on any atom is 0.510 e. The molecule has 0 unspecified atom stereocenters. The Morgan fingerprint density at radius 2 is 1.88 bits per heavy atom. The molecule has 0 aliphatic carbocycles. The second-order valence-electron chi connectivity index (χ2n) is 9.23. The van der Waals surface area contributed by atoms with Crippen molar-refractivity contribution in [3.8, 4) is 11.5 Å². The number of fused-ring (bicyclic) bond motifs is 5. The van der Waals surface area contributed by atoms with E-state index in [4.69, 9.17) is 14.2 Å². The Morgan fingerprint density at radius 1 is 1.10 bits per heavy atom. The van der Waals surface area contributed by atoms with Crippen molar-refractivity contribution < 1.29 is 37.3 Å². The largest absolute Gasteiger partial charge is 0.510 e. The van der Waals surface area contributed by atoms with Crippen molar-refractivity contribution in [1.29, 1.82) is 0 Å². The summed E-state index contributed by atoms with van der Waals surface area (Å²) in [6.45, 7) is 1.14. The summed E-state index contributed by atoms with van der Waals surface area (Å²) in [6.07, 6.45) is 4.26. The highest BCUT2D eigenvalue weighted by Crippen LogP contribution is 2.39. The van der Waals surface area contributed by atoms with Crippen LogP contribution in [-0.4, -0.2) is 54.9 Å². The van der Waals surface area contributed by atoms with Gasteiger partial charge in [-0.3, -0.25) is 19.3 Å². The SMILES string of the molecule is CC[C@H]1/C=C/COc2c(ccc(F)c2F)[C@@H](c2ccccc2)N2CN1C(=O)c1c(OCOC(=O)OC)c(=O)ccn12. The number of hydrogen-bond acceptors (Lipinski definition) is 8. The van der Waals surface area contributed by atoms with Gasteiger partial charge in [-0.1, -0.05) is 43.3 Å². The molecule has 0 radical (unpaired) electrons. The number of rotatable bonds is 5. The quantitative estimate of drug-likeness (QED) is 0.258. The first-order chi connectivity index (χ1) is 19.8. The molecular weight excluding hydrogens is 540 g/mol. The van der Waals surface area contributed by atoms with E-state index < -0.39 is 48.0 Å². The van der Waals surface area contributed by atoms with Gasteiger partial charge in [-0.25, -0.2) is 9.18 Å². The van der Waals surface area contributed by atoms with Crippen LogP contribution in [0.15, 0.2) is 71.7 Å². The maximum atomic E-state index is 15.3. The van der Waals surface area contributed by atoms with E-state index >= 15 is 4.39 Å². The minimum Gasteiger partial charge on any atom is -0.486 e. The van der Waals surface area contributed by atoms with Gasteiger partial charge in [-0.15, -0.1) is 0 Å². The Bertz CT molecular complexity index is 1540. The molecule has 5 rings (SSSR count). The fourth-order valence-electron chi connectivity index (χ4n) is 5.00. The van der Waals surface area contributed by atoms with Crippen LogP contribution in [0.2, 0.25) is 0 Å². The van der Waals surface area contributed by atoms with Crippen molar-refractivity contribution >= 4 is 12.1 Å². The third kappa shape index (κ3) is 5.20. The van der Waals surface area contributed by atoms with Gasteiger partial charge < -0.3 is 23.8 Å². The van der Waals surface area contributed by atoms with Gasteiger partial charge in [-0.05, 0) is 30.2 Å². The highest BCUT2D eigenvalue weighted by atomic mass is 19.2. The highest BCUT2D eigenvalue weighted by Gasteiger charge is 2.40. The molecule has 10 nitrogen and oxygen atoms in total. The van der Waals surface area contributed by atoms with Crippen molar-refractivity contribution in [2.24, 2.45) is 0 Å². The zero-order valence-corrected chi connectivity index (χ0v) is 22.3. The second-order valence-corrected chi connectivity index (χ2v) is 9.23. The lowest BCUT2D eigenvalue weighted by Gasteiger charge is -2.46. The standard InChI is InChI=1S/C29H27F2N3O7/c1-3-19-10-7-15-39-26-20(11-12-21(30)23(26)31)24(18-8-5-4-6-9-18)34-16-32(19)28(36)25-27(22(35)13-14-33(25)34)40-17-41-29(37)38-2/h4-14,19,24H,3,15-17H2,1-2H3/b10-7+/t19-,24+/m0/s1. The molecule has 2 aromatic carbocycles. The molecule has 3 aromatic rings. The first kappa shape index (κ1) is 27.7. The number of carbonyl (C=O) groups is 2. The van der Waals surface area contributed by atoms with E-state index in [9.17, 15) is 18.8 Å². The molecule has 41 heavy (non-hydrogen) atoms. The van der Waals surface area contributed by atoms with Crippen LogP contribution >= 0.6 is 0 Å². The number of halogens is 2. The van der Waals surface area contributed by atoms with E-state index in [0.717, 1.165) is 13.2 Å². The number of benzene rings is 2. The van der Waals surface area contributed by atoms with Gasteiger partial charge >= 0.3 is 6.16 Å². The molecule has 3 heterocycles. The summed E-state index contributed by atoms with van der Waals surface area (Å²) in [4.78, 5) is 40.0. The third-order valence-electron chi connectivity index (χ3n) is 6.91. The van der Waals surface area contributed by atoms with E-state index in [0.29, 0.717) is 17.5 Å². The van der Waals surface area contributed by atoms with E-state index in [1.54, 1.807) is 34.2 Å². The number of methoxy groups -OCH3 is 1. The first-order valence-electron chi connectivity index (χ1n) is 12.8. The number of ether oxygens (including phenoxy) is 4. The zero-order valence-electron chi connectivity index (χ0n) is 22.3. The summed E-state index contributed by atoms with van der Waals surface area (Å²) in [7, 11) is 1.12. The monoisotopic (exact) mass is 567 g/mol. The summed E-state index contributed by atoms with van der Waals surface area (Å²) < 4.78 is 51.7. The van der Waals surface area contributed by atoms with Crippen molar-refractivity contribution in [2.45, 2.75) is 25.4 Å². The number of amides is 1. The summed E-state index contributed by atoms with van der Waals surface area (Å²) in [5, 5.41) is 1.74. The fraction of sp³-hybridized carbons (Fsp3) is 0.276. The van der Waals surface area contributed by atoms with Gasteiger partial charge in [0.05, 0.1) is 13.2 Å². The molecule has 2 aliphatic heterocycles. The van der Waals surface area contributed by atoms with Crippen molar-refractivity contribution in [2.75, 3.05) is 32.2 Å². The van der Waals surface area contributed by atoms with Gasteiger partial charge in [0, 0.05) is 17.8 Å². The molecule has 12 heteroatoms. The van der Waals surface area contributed by atoms with Gasteiger partial charge in [0.15, 0.2) is 17.3 Å². The van der Waals surface area contributed by atoms with Crippen LogP contribution in [0.25, 0.3) is 0 Å². The van der Waals surface area contributed by atoms with E-state index in [2.05, 4.69) is 4.74 Å². The number of nitrogens with zero attached hydrogens (tertiary/aromatic N) is 3. The molecule has 2 atom stereocenters. The van der Waals surface area contributed by atoms with Crippen LogP contribution in [0.5, 0.6) is 11.5 Å². The summed E-state index contributed by atoms with van der Waals surface area (Å²) >= 11 is 0. The Hall–Kier alpha value is -4.87. The molecule has 0 N–H and O–H groups in total. The topological polar surface area (TPSA) is 99.5 Å². The number of carbonyl (C=O) groups excluding carboxylic acids is 2. The minimum absolute atomic E-state index is 0.00759. The fourth-order valence-corrected chi connectivity index (χ4v) is 5.00. The van der Waals surface area contributed by atoms with Crippen molar-refractivity contribution in [1.82, 2.24) is 9.58 Å². The smallest absolute Gasteiger partial charge is 0.486 e. The molecule has 1 aromatic heterocycles. The number of pyridine rings is 1. The average molecular weight is 568 g/mol. The third-order valence-corrected chi connectivity index (χ3v) is 6.91. The van der Waals surface area contributed by atoms with Crippen LogP contribution in [0.1, 0.15) is 41.0 Å². The molecule has 214 valence electrons. The van der Waals surface area contributed by atoms with Crippen molar-refractivity contribution in [3.05, 3.63) is 106 Å². The molecule has 0 saturated heterocycles. The maximum absolute atomic E-state index is 15.3. The van der Waals surface area contributed by atoms with Crippen molar-refractivity contribution in [3.63, 3.8) is 0 Å². The lowest BCUT2D eigenvalue weighted by atomic mass is 9.96. The van der Waals surface area contributed by atoms with Gasteiger partial charge in [0.25, 0.3) is 5.91 Å². The van der Waals surface area contributed by atoms with Crippen LogP contribution in [0.4, 0.5) is 13.6 Å². The summed E-state index contributed by atoms with van der Waals surface area (Å²) in [5.41, 5.74) is 0.225. The molecule has 2 aliphatic rings.